The van der Waals surface area contributed by atoms with Crippen LogP contribution in [0.5, 0.6) is 5.75 Å². The number of benzene rings is 1. The molecule has 1 aliphatic heterocycles. The summed E-state index contributed by atoms with van der Waals surface area (Å²) in [6.07, 6.45) is 1.03. The van der Waals surface area contributed by atoms with Crippen molar-refractivity contribution in [2.45, 2.75) is 19.4 Å². The van der Waals surface area contributed by atoms with Gasteiger partial charge in [-0.1, -0.05) is 18.2 Å². The molecule has 1 atom stereocenters. The van der Waals surface area contributed by atoms with Gasteiger partial charge >= 0.3 is 0 Å². The van der Waals surface area contributed by atoms with Crippen LogP contribution in [0.25, 0.3) is 0 Å². The second-order valence-electron chi connectivity index (χ2n) is 4.51. The lowest BCUT2D eigenvalue weighted by Crippen LogP contribution is -2.43. The van der Waals surface area contributed by atoms with Crippen molar-refractivity contribution in [3.05, 3.63) is 29.8 Å². The van der Waals surface area contributed by atoms with E-state index in [-0.39, 0.29) is 0 Å². The third-order valence-electron chi connectivity index (χ3n) is 3.38. The summed E-state index contributed by atoms with van der Waals surface area (Å²) in [4.78, 5) is 2.48. The maximum absolute atomic E-state index is 5.39. The number of ether oxygens (including phenoxy) is 2. The van der Waals surface area contributed by atoms with Crippen LogP contribution >= 0.6 is 0 Å². The van der Waals surface area contributed by atoms with Crippen LogP contribution in [-0.4, -0.2) is 44.4 Å². The van der Waals surface area contributed by atoms with Gasteiger partial charge < -0.3 is 9.47 Å². The van der Waals surface area contributed by atoms with E-state index >= 15 is 0 Å². The lowest BCUT2D eigenvalue weighted by molar-refractivity contribution is 0.0202. The van der Waals surface area contributed by atoms with E-state index in [0.29, 0.717) is 6.04 Å². The third kappa shape index (κ3) is 3.20. The highest BCUT2D eigenvalue weighted by Crippen LogP contribution is 2.20. The van der Waals surface area contributed by atoms with Gasteiger partial charge in [-0.3, -0.25) is 4.90 Å². The minimum absolute atomic E-state index is 0.537. The number of para-hydroxylation sites is 1. The molecule has 3 nitrogen and oxygen atoms in total. The Morgan fingerprint density at radius 1 is 1.29 bits per heavy atom. The fourth-order valence-corrected chi connectivity index (χ4v) is 2.34. The maximum atomic E-state index is 5.39. The molecule has 0 radical (unpaired) electrons. The van der Waals surface area contributed by atoms with Crippen LogP contribution in [0.1, 0.15) is 12.5 Å². The van der Waals surface area contributed by atoms with Gasteiger partial charge in [0, 0.05) is 19.1 Å². The molecule has 1 aliphatic rings. The first-order valence-electron chi connectivity index (χ1n) is 6.25. The van der Waals surface area contributed by atoms with Gasteiger partial charge in [0.15, 0.2) is 0 Å². The molecule has 0 saturated carbocycles. The van der Waals surface area contributed by atoms with Crippen LogP contribution < -0.4 is 4.74 Å². The maximum Gasteiger partial charge on any atom is 0.122 e. The summed E-state index contributed by atoms with van der Waals surface area (Å²) >= 11 is 0. The van der Waals surface area contributed by atoms with Gasteiger partial charge in [0.2, 0.25) is 0 Å². The Hall–Kier alpha value is -1.06. The largest absolute Gasteiger partial charge is 0.496 e. The lowest BCUT2D eigenvalue weighted by Gasteiger charge is -2.32. The fourth-order valence-electron chi connectivity index (χ4n) is 2.34. The molecule has 3 heteroatoms. The third-order valence-corrected chi connectivity index (χ3v) is 3.38. The van der Waals surface area contributed by atoms with E-state index in [1.54, 1.807) is 7.11 Å². The van der Waals surface area contributed by atoms with Gasteiger partial charge in [0.05, 0.1) is 20.3 Å². The van der Waals surface area contributed by atoms with Crippen molar-refractivity contribution in [1.29, 1.82) is 0 Å². The van der Waals surface area contributed by atoms with Crippen molar-refractivity contribution >= 4 is 0 Å². The molecule has 0 spiro atoms. The lowest BCUT2D eigenvalue weighted by atomic mass is 10.0. The Balaban J connectivity index is 1.99. The molecule has 0 amide bonds. The number of hydrogen-bond donors (Lipinski definition) is 0. The zero-order chi connectivity index (χ0) is 12.1. The number of rotatable bonds is 4. The van der Waals surface area contributed by atoms with E-state index in [4.69, 9.17) is 9.47 Å². The van der Waals surface area contributed by atoms with Crippen LogP contribution in [0.3, 0.4) is 0 Å². The first-order valence-corrected chi connectivity index (χ1v) is 6.25. The Bertz CT molecular complexity index is 348. The second kappa shape index (κ2) is 6.03. The molecule has 0 aromatic heterocycles. The van der Waals surface area contributed by atoms with Crippen LogP contribution in [0.2, 0.25) is 0 Å². The van der Waals surface area contributed by atoms with Gasteiger partial charge in [0.25, 0.3) is 0 Å². The smallest absolute Gasteiger partial charge is 0.122 e. The highest BCUT2D eigenvalue weighted by atomic mass is 16.5. The SMILES string of the molecule is COc1ccccc1CC(C)N1CCOCC1. The van der Waals surface area contributed by atoms with Crippen molar-refractivity contribution < 1.29 is 9.47 Å². The molecular weight excluding hydrogens is 214 g/mol. The topological polar surface area (TPSA) is 21.7 Å². The van der Waals surface area contributed by atoms with Gasteiger partial charge in [-0.25, -0.2) is 0 Å². The van der Waals surface area contributed by atoms with E-state index in [0.717, 1.165) is 38.5 Å². The van der Waals surface area contributed by atoms with E-state index in [2.05, 4.69) is 24.0 Å². The first kappa shape index (κ1) is 12.4. The summed E-state index contributed by atoms with van der Waals surface area (Å²) in [6.45, 7) is 6.07. The molecule has 0 N–H and O–H groups in total. The number of hydrogen-bond acceptors (Lipinski definition) is 3. The summed E-state index contributed by atoms with van der Waals surface area (Å²) in [5.74, 6) is 0.993. The second-order valence-corrected chi connectivity index (χ2v) is 4.51. The van der Waals surface area contributed by atoms with Gasteiger partial charge in [-0.15, -0.1) is 0 Å². The van der Waals surface area contributed by atoms with Gasteiger partial charge in [-0.05, 0) is 25.0 Å². The van der Waals surface area contributed by atoms with Crippen LogP contribution in [0.4, 0.5) is 0 Å². The summed E-state index contributed by atoms with van der Waals surface area (Å²) < 4.78 is 10.8. The summed E-state index contributed by atoms with van der Waals surface area (Å²) in [5.41, 5.74) is 1.29. The minimum Gasteiger partial charge on any atom is -0.496 e. The molecule has 1 aromatic carbocycles. The average Bonchev–Trinajstić information content (AvgIpc) is 2.40. The molecule has 1 heterocycles. The van der Waals surface area contributed by atoms with Gasteiger partial charge in [-0.2, -0.15) is 0 Å². The number of morpholine rings is 1. The van der Waals surface area contributed by atoms with Crippen molar-refractivity contribution in [2.24, 2.45) is 0 Å². The molecule has 1 fully saturated rings. The van der Waals surface area contributed by atoms with Crippen molar-refractivity contribution in [1.82, 2.24) is 4.90 Å². The molecular formula is C14H21NO2. The predicted octanol–water partition coefficient (Wildman–Crippen LogP) is 1.96. The van der Waals surface area contributed by atoms with E-state index < -0.39 is 0 Å². The molecule has 2 rings (SSSR count). The zero-order valence-electron chi connectivity index (χ0n) is 10.7. The van der Waals surface area contributed by atoms with Crippen LogP contribution in [0.15, 0.2) is 24.3 Å². The number of nitrogens with zero attached hydrogens (tertiary/aromatic N) is 1. The Labute approximate surface area is 103 Å². The first-order chi connectivity index (χ1) is 8.31. The Kier molecular flexibility index (Phi) is 4.40. The quantitative estimate of drug-likeness (QED) is 0.796. The Morgan fingerprint density at radius 2 is 2.00 bits per heavy atom. The molecule has 17 heavy (non-hydrogen) atoms. The zero-order valence-corrected chi connectivity index (χ0v) is 10.7. The molecule has 1 saturated heterocycles. The van der Waals surface area contributed by atoms with Crippen LogP contribution in [-0.2, 0) is 11.2 Å². The van der Waals surface area contributed by atoms with E-state index in [1.807, 2.05) is 12.1 Å². The summed E-state index contributed by atoms with van der Waals surface area (Å²) in [7, 11) is 1.73. The molecule has 1 aromatic rings. The summed E-state index contributed by atoms with van der Waals surface area (Å²) in [6, 6.07) is 8.80. The van der Waals surface area contributed by atoms with Gasteiger partial charge in [0.1, 0.15) is 5.75 Å². The molecule has 1 unspecified atom stereocenters. The van der Waals surface area contributed by atoms with Crippen LogP contribution in [0, 0.1) is 0 Å². The predicted molar refractivity (Wildman–Crippen MR) is 68.6 cm³/mol. The normalized spacial score (nSPS) is 18.9. The van der Waals surface area contributed by atoms with Crippen molar-refractivity contribution in [3.63, 3.8) is 0 Å². The Morgan fingerprint density at radius 3 is 2.71 bits per heavy atom. The van der Waals surface area contributed by atoms with Crippen molar-refractivity contribution in [3.8, 4) is 5.75 Å². The summed E-state index contributed by atoms with van der Waals surface area (Å²) in [5, 5.41) is 0. The van der Waals surface area contributed by atoms with Crippen molar-refractivity contribution in [2.75, 3.05) is 33.4 Å². The molecule has 0 bridgehead atoms. The van der Waals surface area contributed by atoms with E-state index in [1.165, 1.54) is 5.56 Å². The van der Waals surface area contributed by atoms with E-state index in [9.17, 15) is 0 Å². The molecule has 94 valence electrons. The minimum atomic E-state index is 0.537. The monoisotopic (exact) mass is 235 g/mol. The highest BCUT2D eigenvalue weighted by Gasteiger charge is 2.18. The molecule has 0 aliphatic carbocycles. The number of methoxy groups -OCH3 is 1. The average molecular weight is 235 g/mol. The fraction of sp³-hybridized carbons (Fsp3) is 0.571. The standard InChI is InChI=1S/C14H21NO2/c1-12(15-7-9-17-10-8-15)11-13-5-3-4-6-14(13)16-2/h3-6,12H,7-11H2,1-2H3. The highest BCUT2D eigenvalue weighted by molar-refractivity contribution is 5.33.